The third kappa shape index (κ3) is 2.95. The maximum Gasteiger partial charge on any atom is 0.0873 e. The second-order valence-corrected chi connectivity index (χ2v) is 9.56. The molecule has 1 unspecified atom stereocenters. The van der Waals surface area contributed by atoms with Crippen LogP contribution in [0.4, 0.5) is 0 Å². The molecule has 0 bridgehead atoms. The maximum atomic E-state index is 4.01. The average molecular weight is 230 g/mol. The van der Waals surface area contributed by atoms with Crippen LogP contribution < -0.4 is 5.19 Å². The van der Waals surface area contributed by atoms with Crippen molar-refractivity contribution in [1.82, 2.24) is 0 Å². The van der Waals surface area contributed by atoms with E-state index < -0.39 is 8.07 Å². The van der Waals surface area contributed by atoms with Gasteiger partial charge in [-0.3, -0.25) is 0 Å². The van der Waals surface area contributed by atoms with E-state index in [2.05, 4.69) is 62.7 Å². The quantitative estimate of drug-likeness (QED) is 0.509. The highest BCUT2D eigenvalue weighted by Crippen LogP contribution is 2.27. The molecule has 0 aromatic heterocycles. The summed E-state index contributed by atoms with van der Waals surface area (Å²) in [5, 5.41) is 1.52. The van der Waals surface area contributed by atoms with Gasteiger partial charge in [0.2, 0.25) is 0 Å². The van der Waals surface area contributed by atoms with Crippen LogP contribution in [0.2, 0.25) is 18.6 Å². The maximum absolute atomic E-state index is 4.01. The molecule has 0 N–H and O–H groups in total. The number of hydrogen-bond donors (Lipinski definition) is 0. The normalized spacial score (nSPS) is 13.1. The van der Waals surface area contributed by atoms with Crippen molar-refractivity contribution in [3.05, 3.63) is 55.6 Å². The van der Waals surface area contributed by atoms with Crippen molar-refractivity contribution in [2.75, 3.05) is 0 Å². The Morgan fingerprint density at radius 3 is 2.31 bits per heavy atom. The first kappa shape index (κ1) is 13.0. The SMILES string of the molecule is C=CCCC(C=C)[Si](C)(C)c1ccccc1. The van der Waals surface area contributed by atoms with Crippen molar-refractivity contribution in [1.29, 1.82) is 0 Å². The molecule has 1 atom stereocenters. The van der Waals surface area contributed by atoms with E-state index in [1.54, 1.807) is 0 Å². The van der Waals surface area contributed by atoms with Gasteiger partial charge >= 0.3 is 0 Å². The summed E-state index contributed by atoms with van der Waals surface area (Å²) in [4.78, 5) is 0. The van der Waals surface area contributed by atoms with Crippen LogP contribution in [-0.4, -0.2) is 8.07 Å². The molecule has 0 heterocycles. The second-order valence-electron chi connectivity index (χ2n) is 4.80. The zero-order chi connectivity index (χ0) is 12.0. The molecule has 0 fully saturated rings. The van der Waals surface area contributed by atoms with E-state index in [0.29, 0.717) is 5.54 Å². The van der Waals surface area contributed by atoms with Crippen LogP contribution >= 0.6 is 0 Å². The summed E-state index contributed by atoms with van der Waals surface area (Å²) in [5.74, 6) is 0. The van der Waals surface area contributed by atoms with Gasteiger partial charge in [0.15, 0.2) is 0 Å². The molecule has 0 spiro atoms. The molecular formula is C15H22Si. The molecular weight excluding hydrogens is 208 g/mol. The summed E-state index contributed by atoms with van der Waals surface area (Å²) < 4.78 is 0. The molecule has 0 amide bonds. The Morgan fingerprint density at radius 2 is 1.81 bits per heavy atom. The lowest BCUT2D eigenvalue weighted by molar-refractivity contribution is 0.844. The molecule has 86 valence electrons. The van der Waals surface area contributed by atoms with Crippen molar-refractivity contribution in [3.63, 3.8) is 0 Å². The lowest BCUT2D eigenvalue weighted by Gasteiger charge is -2.30. The Balaban J connectivity index is 2.89. The zero-order valence-corrected chi connectivity index (χ0v) is 11.4. The van der Waals surface area contributed by atoms with E-state index in [4.69, 9.17) is 0 Å². The molecule has 0 saturated carbocycles. The smallest absolute Gasteiger partial charge is 0.0873 e. The fourth-order valence-corrected chi connectivity index (χ4v) is 5.11. The van der Waals surface area contributed by atoms with Gasteiger partial charge in [0, 0.05) is 0 Å². The summed E-state index contributed by atoms with van der Waals surface area (Å²) in [7, 11) is -1.41. The Morgan fingerprint density at radius 1 is 1.19 bits per heavy atom. The van der Waals surface area contributed by atoms with Crippen LogP contribution in [0.15, 0.2) is 55.6 Å². The highest BCUT2D eigenvalue weighted by Gasteiger charge is 2.30. The zero-order valence-electron chi connectivity index (χ0n) is 10.4. The fourth-order valence-electron chi connectivity index (χ4n) is 2.15. The first-order valence-corrected chi connectivity index (χ1v) is 8.99. The standard InChI is InChI=1S/C15H22Si/c1-5-7-11-14(6-2)16(3,4)15-12-9-8-10-13-15/h5-6,8-10,12-14H,1-2,7,11H2,3-4H3. The molecule has 1 heteroatoms. The van der Waals surface area contributed by atoms with Gasteiger partial charge in [0.25, 0.3) is 0 Å². The first-order chi connectivity index (χ1) is 7.62. The molecule has 1 aromatic carbocycles. The van der Waals surface area contributed by atoms with Crippen molar-refractivity contribution in [2.45, 2.75) is 31.5 Å². The van der Waals surface area contributed by atoms with Gasteiger partial charge in [0.1, 0.15) is 0 Å². The molecule has 0 saturated heterocycles. The van der Waals surface area contributed by atoms with Crippen molar-refractivity contribution in [3.8, 4) is 0 Å². The van der Waals surface area contributed by atoms with Gasteiger partial charge in [-0.05, 0) is 18.4 Å². The predicted octanol–water partition coefficient (Wildman–Crippen LogP) is 4.12. The second kappa shape index (κ2) is 5.85. The highest BCUT2D eigenvalue weighted by atomic mass is 28.3. The summed E-state index contributed by atoms with van der Waals surface area (Å²) in [6.45, 7) is 12.7. The van der Waals surface area contributed by atoms with Crippen LogP contribution in [0, 0.1) is 0 Å². The predicted molar refractivity (Wildman–Crippen MR) is 76.9 cm³/mol. The van der Waals surface area contributed by atoms with E-state index in [-0.39, 0.29) is 0 Å². The summed E-state index contributed by atoms with van der Waals surface area (Å²) in [6, 6.07) is 10.9. The van der Waals surface area contributed by atoms with Crippen LogP contribution in [0.1, 0.15) is 12.8 Å². The number of hydrogen-bond acceptors (Lipinski definition) is 0. The summed E-state index contributed by atoms with van der Waals surface area (Å²) >= 11 is 0. The molecule has 16 heavy (non-hydrogen) atoms. The Hall–Kier alpha value is -1.08. The third-order valence-electron chi connectivity index (χ3n) is 3.41. The van der Waals surface area contributed by atoms with Crippen LogP contribution in [0.5, 0.6) is 0 Å². The molecule has 0 aliphatic rings. The number of rotatable bonds is 6. The molecule has 0 aliphatic carbocycles. The van der Waals surface area contributed by atoms with Crippen molar-refractivity contribution >= 4 is 13.3 Å². The lowest BCUT2D eigenvalue weighted by atomic mass is 10.2. The minimum atomic E-state index is -1.41. The highest BCUT2D eigenvalue weighted by molar-refractivity contribution is 6.91. The fraction of sp³-hybridized carbons (Fsp3) is 0.333. The summed E-state index contributed by atoms with van der Waals surface area (Å²) in [6.07, 6.45) is 6.41. The Bertz CT molecular complexity index is 338. The van der Waals surface area contributed by atoms with Crippen LogP contribution in [0.3, 0.4) is 0 Å². The van der Waals surface area contributed by atoms with E-state index in [1.807, 2.05) is 6.08 Å². The Labute approximate surface area is 101 Å². The van der Waals surface area contributed by atoms with E-state index >= 15 is 0 Å². The summed E-state index contributed by atoms with van der Waals surface area (Å²) in [5.41, 5.74) is 0.632. The minimum Gasteiger partial charge on any atom is -0.103 e. The van der Waals surface area contributed by atoms with E-state index in [1.165, 1.54) is 11.6 Å². The van der Waals surface area contributed by atoms with Gasteiger partial charge in [-0.2, -0.15) is 0 Å². The van der Waals surface area contributed by atoms with Crippen LogP contribution in [-0.2, 0) is 0 Å². The topological polar surface area (TPSA) is 0 Å². The van der Waals surface area contributed by atoms with E-state index in [9.17, 15) is 0 Å². The van der Waals surface area contributed by atoms with Gasteiger partial charge < -0.3 is 0 Å². The Kier molecular flexibility index (Phi) is 4.75. The lowest BCUT2D eigenvalue weighted by Crippen LogP contribution is -2.45. The van der Waals surface area contributed by atoms with Gasteiger partial charge in [-0.1, -0.05) is 60.8 Å². The molecule has 0 nitrogen and oxygen atoms in total. The van der Waals surface area contributed by atoms with Crippen molar-refractivity contribution in [2.24, 2.45) is 0 Å². The van der Waals surface area contributed by atoms with Gasteiger partial charge in [-0.25, -0.2) is 0 Å². The van der Waals surface area contributed by atoms with Gasteiger partial charge in [-0.15, -0.1) is 13.2 Å². The largest absolute Gasteiger partial charge is 0.103 e. The number of allylic oxidation sites excluding steroid dienone is 2. The first-order valence-electron chi connectivity index (χ1n) is 5.92. The van der Waals surface area contributed by atoms with Crippen molar-refractivity contribution < 1.29 is 0 Å². The third-order valence-corrected chi connectivity index (χ3v) is 7.61. The molecule has 0 radical (unpaired) electrons. The minimum absolute atomic E-state index is 0.632. The monoisotopic (exact) mass is 230 g/mol. The van der Waals surface area contributed by atoms with E-state index in [0.717, 1.165) is 6.42 Å². The molecule has 1 rings (SSSR count). The van der Waals surface area contributed by atoms with Crippen LogP contribution in [0.25, 0.3) is 0 Å². The molecule has 1 aromatic rings. The molecule has 0 aliphatic heterocycles. The average Bonchev–Trinajstić information content (AvgIpc) is 2.31. The van der Waals surface area contributed by atoms with Gasteiger partial charge in [0.05, 0.1) is 8.07 Å². The number of benzene rings is 1.